The highest BCUT2D eigenvalue weighted by atomic mass is 15.3. The molecule has 2 unspecified atom stereocenters. The topological polar surface area (TPSA) is 67.1 Å². The van der Waals surface area contributed by atoms with Crippen LogP contribution in [-0.4, -0.2) is 22.6 Å². The molecule has 0 aromatic carbocycles. The van der Waals surface area contributed by atoms with Gasteiger partial charge in [0, 0.05) is 18.2 Å². The second-order valence-corrected chi connectivity index (χ2v) is 6.01. The minimum absolute atomic E-state index is 0.680. The van der Waals surface area contributed by atoms with Gasteiger partial charge in [-0.15, -0.1) is 0 Å². The summed E-state index contributed by atoms with van der Waals surface area (Å²) in [5.41, 5.74) is 3.92. The van der Waals surface area contributed by atoms with E-state index in [9.17, 15) is 0 Å². The lowest BCUT2D eigenvalue weighted by Gasteiger charge is -2.33. The lowest BCUT2D eigenvalue weighted by Crippen LogP contribution is -2.36. The van der Waals surface area contributed by atoms with Crippen LogP contribution in [0.15, 0.2) is 6.33 Å². The molecule has 1 aliphatic carbocycles. The zero-order valence-corrected chi connectivity index (χ0v) is 12.3. The smallest absolute Gasteiger partial charge is 0.148 e. The van der Waals surface area contributed by atoms with Crippen molar-refractivity contribution < 1.29 is 0 Å². The van der Waals surface area contributed by atoms with Crippen LogP contribution in [-0.2, 0) is 6.42 Å². The molecule has 0 amide bonds. The predicted octanol–water partition coefficient (Wildman–Crippen LogP) is 2.48. The Bertz CT molecular complexity index is 462. The second-order valence-electron chi connectivity index (χ2n) is 6.01. The third-order valence-electron chi connectivity index (χ3n) is 4.84. The van der Waals surface area contributed by atoms with E-state index in [-0.39, 0.29) is 0 Å². The maximum atomic E-state index is 5.62. The van der Waals surface area contributed by atoms with Crippen LogP contribution >= 0.6 is 0 Å². The Morgan fingerprint density at radius 3 is 2.95 bits per heavy atom. The van der Waals surface area contributed by atoms with Gasteiger partial charge in [-0.3, -0.25) is 0 Å². The molecule has 110 valence electrons. The number of nitrogens with zero attached hydrogens (tertiary/aromatic N) is 3. The van der Waals surface area contributed by atoms with E-state index >= 15 is 0 Å². The molecule has 0 radical (unpaired) electrons. The summed E-state index contributed by atoms with van der Waals surface area (Å²) in [6.45, 7) is 3.32. The summed E-state index contributed by atoms with van der Waals surface area (Å²) in [5.74, 6) is 8.39. The average Bonchev–Trinajstić information content (AvgIpc) is 2.92. The number of nitrogen functional groups attached to an aromatic ring is 1. The molecule has 2 heterocycles. The summed E-state index contributed by atoms with van der Waals surface area (Å²) in [6, 6.07) is 0.680. The standard InChI is InChI=1S/C15H25N5/c1-2-5-12-14(19-16)17-10-18-15(12)20-9-8-11-6-3-4-7-13(11)20/h10-11,13H,2-9,16H2,1H3,(H,17,18,19). The number of rotatable bonds is 4. The molecule has 0 spiro atoms. The fourth-order valence-electron chi connectivity index (χ4n) is 3.92. The third-order valence-corrected chi connectivity index (χ3v) is 4.84. The second kappa shape index (κ2) is 5.95. The summed E-state index contributed by atoms with van der Waals surface area (Å²) in [5, 5.41) is 0. The molecule has 2 aliphatic rings. The van der Waals surface area contributed by atoms with Crippen LogP contribution in [0, 0.1) is 5.92 Å². The highest BCUT2D eigenvalue weighted by Gasteiger charge is 2.37. The minimum atomic E-state index is 0.680. The first-order valence-corrected chi connectivity index (χ1v) is 7.92. The molecule has 0 bridgehead atoms. The number of hydrogen-bond acceptors (Lipinski definition) is 5. The molecule has 3 rings (SSSR count). The van der Waals surface area contributed by atoms with Crippen molar-refractivity contribution in [3.8, 4) is 0 Å². The van der Waals surface area contributed by atoms with E-state index in [1.165, 1.54) is 37.7 Å². The summed E-state index contributed by atoms with van der Waals surface area (Å²) < 4.78 is 0. The van der Waals surface area contributed by atoms with E-state index in [1.54, 1.807) is 6.33 Å². The summed E-state index contributed by atoms with van der Waals surface area (Å²) >= 11 is 0. The Morgan fingerprint density at radius 2 is 2.15 bits per heavy atom. The predicted molar refractivity (Wildman–Crippen MR) is 81.5 cm³/mol. The van der Waals surface area contributed by atoms with Gasteiger partial charge in [-0.05, 0) is 31.6 Å². The van der Waals surface area contributed by atoms with Gasteiger partial charge in [-0.2, -0.15) is 0 Å². The highest BCUT2D eigenvalue weighted by molar-refractivity contribution is 5.59. The van der Waals surface area contributed by atoms with Crippen LogP contribution in [0.3, 0.4) is 0 Å². The molecule has 2 fully saturated rings. The van der Waals surface area contributed by atoms with Crippen molar-refractivity contribution in [3.63, 3.8) is 0 Å². The molecule has 20 heavy (non-hydrogen) atoms. The average molecular weight is 275 g/mol. The van der Waals surface area contributed by atoms with Crippen molar-refractivity contribution in [3.05, 3.63) is 11.9 Å². The minimum Gasteiger partial charge on any atom is -0.353 e. The van der Waals surface area contributed by atoms with Gasteiger partial charge in [0.05, 0.1) is 0 Å². The third kappa shape index (κ3) is 2.35. The molecule has 1 saturated heterocycles. The van der Waals surface area contributed by atoms with Crippen molar-refractivity contribution >= 4 is 11.6 Å². The number of hydrogen-bond donors (Lipinski definition) is 2. The van der Waals surface area contributed by atoms with E-state index in [0.29, 0.717) is 6.04 Å². The van der Waals surface area contributed by atoms with Crippen molar-refractivity contribution in [2.75, 3.05) is 16.9 Å². The van der Waals surface area contributed by atoms with E-state index in [0.717, 1.165) is 36.9 Å². The summed E-state index contributed by atoms with van der Waals surface area (Å²) in [4.78, 5) is 11.4. The molecule has 1 saturated carbocycles. The first-order valence-electron chi connectivity index (χ1n) is 7.92. The fourth-order valence-corrected chi connectivity index (χ4v) is 3.92. The Balaban J connectivity index is 1.93. The van der Waals surface area contributed by atoms with E-state index in [1.807, 2.05) is 0 Å². The van der Waals surface area contributed by atoms with E-state index < -0.39 is 0 Å². The zero-order chi connectivity index (χ0) is 13.9. The Morgan fingerprint density at radius 1 is 1.30 bits per heavy atom. The van der Waals surface area contributed by atoms with Gasteiger partial charge in [-0.1, -0.05) is 26.2 Å². The molecular weight excluding hydrogens is 250 g/mol. The van der Waals surface area contributed by atoms with Crippen molar-refractivity contribution in [1.82, 2.24) is 9.97 Å². The number of fused-ring (bicyclic) bond motifs is 1. The van der Waals surface area contributed by atoms with Gasteiger partial charge in [0.15, 0.2) is 0 Å². The first kappa shape index (κ1) is 13.6. The normalized spacial score (nSPS) is 25.6. The van der Waals surface area contributed by atoms with Crippen LogP contribution in [0.2, 0.25) is 0 Å². The number of aromatic nitrogens is 2. The highest BCUT2D eigenvalue weighted by Crippen LogP contribution is 2.40. The van der Waals surface area contributed by atoms with Crippen LogP contribution in [0.1, 0.15) is 51.0 Å². The number of nitrogens with one attached hydrogen (secondary N) is 1. The molecular formula is C15H25N5. The Labute approximate surface area is 120 Å². The zero-order valence-electron chi connectivity index (χ0n) is 12.3. The largest absolute Gasteiger partial charge is 0.353 e. The van der Waals surface area contributed by atoms with Gasteiger partial charge in [0.2, 0.25) is 0 Å². The summed E-state index contributed by atoms with van der Waals surface area (Å²) in [6.07, 6.45) is 10.5. The maximum absolute atomic E-state index is 5.62. The molecule has 5 heteroatoms. The Kier molecular flexibility index (Phi) is 4.05. The lowest BCUT2D eigenvalue weighted by molar-refractivity contribution is 0.341. The maximum Gasteiger partial charge on any atom is 0.148 e. The van der Waals surface area contributed by atoms with Gasteiger partial charge in [-0.25, -0.2) is 15.8 Å². The van der Waals surface area contributed by atoms with Gasteiger partial charge < -0.3 is 10.3 Å². The number of anilines is 2. The van der Waals surface area contributed by atoms with Gasteiger partial charge in [0.1, 0.15) is 18.0 Å². The number of hydrazine groups is 1. The van der Waals surface area contributed by atoms with E-state index in [4.69, 9.17) is 5.84 Å². The molecule has 1 aromatic heterocycles. The molecule has 5 nitrogen and oxygen atoms in total. The molecule has 1 aromatic rings. The monoisotopic (exact) mass is 275 g/mol. The fraction of sp³-hybridized carbons (Fsp3) is 0.733. The van der Waals surface area contributed by atoms with E-state index in [2.05, 4.69) is 27.2 Å². The lowest BCUT2D eigenvalue weighted by atomic mass is 9.85. The molecule has 3 N–H and O–H groups in total. The van der Waals surface area contributed by atoms with Crippen LogP contribution in [0.25, 0.3) is 0 Å². The molecule has 2 atom stereocenters. The van der Waals surface area contributed by atoms with Gasteiger partial charge in [0.25, 0.3) is 0 Å². The van der Waals surface area contributed by atoms with Crippen molar-refractivity contribution in [2.45, 2.75) is 57.9 Å². The quantitative estimate of drug-likeness (QED) is 0.653. The van der Waals surface area contributed by atoms with Crippen LogP contribution in [0.5, 0.6) is 0 Å². The van der Waals surface area contributed by atoms with Gasteiger partial charge >= 0.3 is 0 Å². The van der Waals surface area contributed by atoms with Crippen LogP contribution < -0.4 is 16.2 Å². The SMILES string of the molecule is CCCc1c(NN)ncnc1N1CCC2CCCCC21. The van der Waals surface area contributed by atoms with Crippen molar-refractivity contribution in [1.29, 1.82) is 0 Å². The summed E-state index contributed by atoms with van der Waals surface area (Å²) in [7, 11) is 0. The Hall–Kier alpha value is -1.36. The van der Waals surface area contributed by atoms with Crippen LogP contribution in [0.4, 0.5) is 11.6 Å². The first-order chi connectivity index (χ1) is 9.85. The number of nitrogens with two attached hydrogens (primary N) is 1. The van der Waals surface area contributed by atoms with Crippen molar-refractivity contribution in [2.24, 2.45) is 11.8 Å². The molecule has 1 aliphatic heterocycles.